The number of hydrogen-bond donors (Lipinski definition) is 1. The maximum atomic E-state index is 13.1. The number of halogens is 1. The predicted octanol–water partition coefficient (Wildman–Crippen LogP) is 5.46. The van der Waals surface area contributed by atoms with E-state index >= 15 is 0 Å². The SMILES string of the molecule is Cc1cccc(CN(C(=O)CCSc2ccc(Cl)cc2)C(C)C(=O)NC(C)(C)C)c1. The Balaban J connectivity index is 2.09. The summed E-state index contributed by atoms with van der Waals surface area (Å²) in [5, 5.41) is 3.68. The minimum Gasteiger partial charge on any atom is -0.350 e. The average Bonchev–Trinajstić information content (AvgIpc) is 2.65. The van der Waals surface area contributed by atoms with E-state index in [1.54, 1.807) is 23.6 Å². The lowest BCUT2D eigenvalue weighted by Gasteiger charge is -2.31. The lowest BCUT2D eigenvalue weighted by atomic mass is 10.1. The van der Waals surface area contributed by atoms with Gasteiger partial charge in [0, 0.05) is 34.2 Å². The molecule has 0 aliphatic heterocycles. The van der Waals surface area contributed by atoms with Gasteiger partial charge in [-0.1, -0.05) is 41.4 Å². The maximum absolute atomic E-state index is 13.1. The molecule has 0 aliphatic rings. The van der Waals surface area contributed by atoms with Crippen LogP contribution in [0.15, 0.2) is 53.4 Å². The molecule has 162 valence electrons. The van der Waals surface area contributed by atoms with E-state index in [9.17, 15) is 9.59 Å². The molecule has 0 aliphatic carbocycles. The summed E-state index contributed by atoms with van der Waals surface area (Å²) in [6.07, 6.45) is 0.353. The number of nitrogens with one attached hydrogen (secondary N) is 1. The van der Waals surface area contributed by atoms with Gasteiger partial charge in [-0.25, -0.2) is 0 Å². The van der Waals surface area contributed by atoms with Crippen molar-refractivity contribution in [1.82, 2.24) is 10.2 Å². The van der Waals surface area contributed by atoms with Crippen molar-refractivity contribution in [2.75, 3.05) is 5.75 Å². The Hall–Kier alpha value is -1.98. The summed E-state index contributed by atoms with van der Waals surface area (Å²) in [4.78, 5) is 28.6. The second-order valence-corrected chi connectivity index (χ2v) is 10.1. The van der Waals surface area contributed by atoms with Crippen LogP contribution in [0, 0.1) is 6.92 Å². The lowest BCUT2D eigenvalue weighted by Crippen LogP contribution is -2.52. The van der Waals surface area contributed by atoms with Gasteiger partial charge in [0.05, 0.1) is 0 Å². The molecule has 0 heterocycles. The molecule has 0 fully saturated rings. The molecule has 0 bridgehead atoms. The van der Waals surface area contributed by atoms with Crippen molar-refractivity contribution in [3.63, 3.8) is 0 Å². The molecule has 0 saturated carbocycles. The van der Waals surface area contributed by atoms with Crippen LogP contribution in [0.3, 0.4) is 0 Å². The monoisotopic (exact) mass is 446 g/mol. The number of carbonyl (C=O) groups excluding carboxylic acids is 2. The van der Waals surface area contributed by atoms with E-state index in [1.165, 1.54) is 0 Å². The molecule has 0 saturated heterocycles. The summed E-state index contributed by atoms with van der Waals surface area (Å²) in [6.45, 7) is 10.0. The minimum absolute atomic E-state index is 0.0328. The number of carbonyl (C=O) groups is 2. The minimum atomic E-state index is -0.558. The zero-order valence-corrected chi connectivity index (χ0v) is 19.9. The van der Waals surface area contributed by atoms with Crippen LogP contribution in [0.1, 0.15) is 45.2 Å². The third-order valence-electron chi connectivity index (χ3n) is 4.50. The van der Waals surface area contributed by atoms with Gasteiger partial charge in [0.1, 0.15) is 6.04 Å². The standard InChI is InChI=1S/C24H31ClN2O2S/c1-17-7-6-8-19(15-17)16-27(18(2)23(29)26-24(3,4)5)22(28)13-14-30-21-11-9-20(25)10-12-21/h6-12,15,18H,13-14,16H2,1-5H3,(H,26,29). The Morgan fingerprint density at radius 2 is 1.80 bits per heavy atom. The highest BCUT2D eigenvalue weighted by Crippen LogP contribution is 2.22. The first-order valence-corrected chi connectivity index (χ1v) is 11.5. The van der Waals surface area contributed by atoms with Gasteiger partial charge in [-0.2, -0.15) is 0 Å². The molecule has 30 heavy (non-hydrogen) atoms. The third-order valence-corrected chi connectivity index (χ3v) is 5.76. The molecule has 4 nitrogen and oxygen atoms in total. The van der Waals surface area contributed by atoms with Crippen molar-refractivity contribution in [2.24, 2.45) is 0 Å². The highest BCUT2D eigenvalue weighted by atomic mass is 35.5. The second kappa shape index (κ2) is 10.9. The molecule has 1 atom stereocenters. The van der Waals surface area contributed by atoms with Crippen LogP contribution < -0.4 is 5.32 Å². The third kappa shape index (κ3) is 8.04. The van der Waals surface area contributed by atoms with Crippen molar-refractivity contribution < 1.29 is 9.59 Å². The molecule has 1 N–H and O–H groups in total. The van der Waals surface area contributed by atoms with E-state index in [4.69, 9.17) is 11.6 Å². The van der Waals surface area contributed by atoms with Crippen LogP contribution in [0.5, 0.6) is 0 Å². The number of benzene rings is 2. The molecule has 1 unspecified atom stereocenters. The topological polar surface area (TPSA) is 49.4 Å². The summed E-state index contributed by atoms with van der Waals surface area (Å²) in [6, 6.07) is 15.1. The summed E-state index contributed by atoms with van der Waals surface area (Å²) in [7, 11) is 0. The molecule has 2 aromatic carbocycles. The molecule has 2 amide bonds. The Morgan fingerprint density at radius 1 is 1.13 bits per heavy atom. The Kier molecular flexibility index (Phi) is 8.80. The average molecular weight is 447 g/mol. The van der Waals surface area contributed by atoms with Crippen LogP contribution in [0.2, 0.25) is 5.02 Å². The molecule has 0 radical (unpaired) electrons. The molecule has 2 aromatic rings. The van der Waals surface area contributed by atoms with Gasteiger partial charge in [-0.15, -0.1) is 11.8 Å². The van der Waals surface area contributed by atoms with Gasteiger partial charge in [0.2, 0.25) is 11.8 Å². The van der Waals surface area contributed by atoms with Crippen LogP contribution >= 0.6 is 23.4 Å². The summed E-state index contributed by atoms with van der Waals surface area (Å²) in [5.74, 6) is 0.460. The molecule has 2 rings (SSSR count). The fraction of sp³-hybridized carbons (Fsp3) is 0.417. The van der Waals surface area contributed by atoms with E-state index in [-0.39, 0.29) is 17.4 Å². The highest BCUT2D eigenvalue weighted by molar-refractivity contribution is 7.99. The zero-order valence-electron chi connectivity index (χ0n) is 18.4. The summed E-state index contributed by atoms with van der Waals surface area (Å²) < 4.78 is 0. The van der Waals surface area contributed by atoms with Gasteiger partial charge < -0.3 is 10.2 Å². The molecule has 0 spiro atoms. The Morgan fingerprint density at radius 3 is 2.40 bits per heavy atom. The van der Waals surface area contributed by atoms with E-state index in [0.29, 0.717) is 23.7 Å². The normalized spacial score (nSPS) is 12.3. The first-order chi connectivity index (χ1) is 14.0. The first kappa shape index (κ1) is 24.3. The van der Waals surface area contributed by atoms with Crippen molar-refractivity contribution in [3.05, 3.63) is 64.7 Å². The summed E-state index contributed by atoms with van der Waals surface area (Å²) in [5.41, 5.74) is 1.79. The second-order valence-electron chi connectivity index (χ2n) is 8.48. The Bertz CT molecular complexity index is 862. The number of nitrogens with zero attached hydrogens (tertiary/aromatic N) is 1. The zero-order chi connectivity index (χ0) is 22.3. The number of thioether (sulfide) groups is 1. The number of aryl methyl sites for hydroxylation is 1. The van der Waals surface area contributed by atoms with Gasteiger partial charge in [0.25, 0.3) is 0 Å². The van der Waals surface area contributed by atoms with Gasteiger partial charge in [0.15, 0.2) is 0 Å². The smallest absolute Gasteiger partial charge is 0.242 e. The van der Waals surface area contributed by atoms with Gasteiger partial charge in [-0.3, -0.25) is 9.59 Å². The number of amides is 2. The number of hydrogen-bond acceptors (Lipinski definition) is 3. The Labute approximate surface area is 189 Å². The van der Waals surface area contributed by atoms with Crippen molar-refractivity contribution in [2.45, 2.75) is 64.1 Å². The van der Waals surface area contributed by atoms with Crippen molar-refractivity contribution >= 4 is 35.2 Å². The van der Waals surface area contributed by atoms with E-state index in [0.717, 1.165) is 16.0 Å². The van der Waals surface area contributed by atoms with Gasteiger partial charge in [-0.05, 0) is 64.4 Å². The predicted molar refractivity (Wildman–Crippen MR) is 126 cm³/mol. The first-order valence-electron chi connectivity index (χ1n) is 10.1. The van der Waals surface area contributed by atoms with E-state index < -0.39 is 6.04 Å². The largest absolute Gasteiger partial charge is 0.350 e. The summed E-state index contributed by atoms with van der Waals surface area (Å²) >= 11 is 7.54. The molecular formula is C24H31ClN2O2S. The quantitative estimate of drug-likeness (QED) is 0.547. The van der Waals surface area contributed by atoms with Crippen LogP contribution in [-0.2, 0) is 16.1 Å². The maximum Gasteiger partial charge on any atom is 0.242 e. The van der Waals surface area contributed by atoms with Crippen LogP contribution in [-0.4, -0.2) is 34.0 Å². The van der Waals surface area contributed by atoms with Gasteiger partial charge >= 0.3 is 0 Å². The van der Waals surface area contributed by atoms with Crippen molar-refractivity contribution in [1.29, 1.82) is 0 Å². The molecular weight excluding hydrogens is 416 g/mol. The molecule has 6 heteroatoms. The van der Waals surface area contributed by atoms with E-state index in [2.05, 4.69) is 11.4 Å². The fourth-order valence-electron chi connectivity index (χ4n) is 2.99. The van der Waals surface area contributed by atoms with Crippen LogP contribution in [0.4, 0.5) is 0 Å². The molecule has 0 aromatic heterocycles. The highest BCUT2D eigenvalue weighted by Gasteiger charge is 2.28. The lowest BCUT2D eigenvalue weighted by molar-refractivity contribution is -0.140. The van der Waals surface area contributed by atoms with Crippen LogP contribution in [0.25, 0.3) is 0 Å². The fourth-order valence-corrected chi connectivity index (χ4v) is 3.96. The van der Waals surface area contributed by atoms with E-state index in [1.807, 2.05) is 70.2 Å². The van der Waals surface area contributed by atoms with Crippen molar-refractivity contribution in [3.8, 4) is 0 Å². The number of rotatable bonds is 8.